The molecule has 0 saturated carbocycles. The van der Waals surface area contributed by atoms with Crippen molar-refractivity contribution in [1.29, 1.82) is 0 Å². The van der Waals surface area contributed by atoms with Gasteiger partial charge in [0.2, 0.25) is 0 Å². The summed E-state index contributed by atoms with van der Waals surface area (Å²) in [5.74, 6) is -1.84. The van der Waals surface area contributed by atoms with E-state index >= 15 is 0 Å². The van der Waals surface area contributed by atoms with Gasteiger partial charge in [0.05, 0.1) is 5.76 Å². The summed E-state index contributed by atoms with van der Waals surface area (Å²) in [6, 6.07) is 7.17. The third-order valence-electron chi connectivity index (χ3n) is 3.04. The number of aromatic nitrogens is 2. The number of carbonyl (C=O) groups excluding carboxylic acids is 1. The molecule has 2 heterocycles. The van der Waals surface area contributed by atoms with Crippen molar-refractivity contribution in [2.45, 2.75) is 40.0 Å². The Morgan fingerprint density at radius 1 is 1.27 bits per heavy atom. The first-order chi connectivity index (χ1) is 11.5. The quantitative estimate of drug-likeness (QED) is 0.263. The number of halogens is 2. The molecule has 0 amide bonds. The molecule has 4 nitrogen and oxygen atoms in total. The molecule has 2 rings (SSSR count). The van der Waals surface area contributed by atoms with E-state index in [0.717, 1.165) is 11.6 Å². The Labute approximate surface area is 165 Å². The Morgan fingerprint density at radius 3 is 2.31 bits per heavy atom. The largest absolute Gasteiger partial charge is 0.512 e. The van der Waals surface area contributed by atoms with Gasteiger partial charge >= 0.3 is 0 Å². The van der Waals surface area contributed by atoms with Crippen molar-refractivity contribution >= 4 is 5.78 Å². The molecule has 0 aliphatic rings. The van der Waals surface area contributed by atoms with Crippen LogP contribution in [0.4, 0.5) is 8.78 Å². The molecule has 2 aromatic heterocycles. The number of aliphatic hydroxyl groups is 1. The zero-order valence-electron chi connectivity index (χ0n) is 15.2. The minimum Gasteiger partial charge on any atom is -0.512 e. The normalized spacial score (nSPS) is 11.1. The molecular weight excluding hydrogens is 518 g/mol. The van der Waals surface area contributed by atoms with Gasteiger partial charge in [-0.2, -0.15) is 0 Å². The van der Waals surface area contributed by atoms with Crippen LogP contribution in [-0.4, -0.2) is 20.9 Å². The average molecular weight is 540 g/mol. The molecule has 1 N–H and O–H groups in total. The third-order valence-corrected chi connectivity index (χ3v) is 3.04. The van der Waals surface area contributed by atoms with Crippen molar-refractivity contribution < 1.29 is 38.8 Å². The maximum absolute atomic E-state index is 13.5. The number of rotatable bonds is 2. The van der Waals surface area contributed by atoms with Crippen LogP contribution in [0, 0.1) is 18.0 Å². The Hall–Kier alpha value is -1.98. The molecule has 2 aromatic rings. The second-order valence-corrected chi connectivity index (χ2v) is 6.47. The molecule has 143 valence electrons. The van der Waals surface area contributed by atoms with E-state index in [9.17, 15) is 13.6 Å². The number of nitrogens with zero attached hydrogens (tertiary/aromatic N) is 2. The Kier molecular flexibility index (Phi) is 9.46. The second-order valence-electron chi connectivity index (χ2n) is 6.47. The second kappa shape index (κ2) is 10.2. The minimum absolute atomic E-state index is 0. The van der Waals surface area contributed by atoms with Crippen LogP contribution in [0.2, 0.25) is 0 Å². The topological polar surface area (TPSA) is 63.1 Å². The number of ketones is 1. The fraction of sp³-hybridized carbons (Fsp3) is 0.316. The van der Waals surface area contributed by atoms with Gasteiger partial charge in [0, 0.05) is 32.4 Å². The van der Waals surface area contributed by atoms with E-state index in [1.165, 1.54) is 19.9 Å². The van der Waals surface area contributed by atoms with Crippen molar-refractivity contribution in [3.05, 3.63) is 59.8 Å². The van der Waals surface area contributed by atoms with E-state index in [0.29, 0.717) is 5.69 Å². The maximum atomic E-state index is 13.5. The smallest absolute Gasteiger partial charge is 0.155 e. The monoisotopic (exact) mass is 540 g/mol. The number of pyridine rings is 2. The van der Waals surface area contributed by atoms with Crippen LogP contribution in [0.1, 0.15) is 40.2 Å². The molecule has 0 fully saturated rings. The van der Waals surface area contributed by atoms with Crippen molar-refractivity contribution in [2.24, 2.45) is 0 Å². The predicted molar refractivity (Wildman–Crippen MR) is 92.0 cm³/mol. The van der Waals surface area contributed by atoms with Gasteiger partial charge in [-0.15, -0.1) is 6.07 Å². The van der Waals surface area contributed by atoms with E-state index in [4.69, 9.17) is 5.11 Å². The van der Waals surface area contributed by atoms with E-state index in [2.05, 4.69) is 36.8 Å². The Bertz CT molecular complexity index is 783. The van der Waals surface area contributed by atoms with Crippen molar-refractivity contribution in [1.82, 2.24) is 9.97 Å². The van der Waals surface area contributed by atoms with E-state index in [1.54, 1.807) is 12.3 Å². The molecule has 7 heteroatoms. The van der Waals surface area contributed by atoms with Gasteiger partial charge in [0.25, 0.3) is 0 Å². The molecule has 0 bridgehead atoms. The van der Waals surface area contributed by atoms with Gasteiger partial charge in [0.15, 0.2) is 5.78 Å². The van der Waals surface area contributed by atoms with Crippen molar-refractivity contribution in [3.8, 4) is 11.3 Å². The molecule has 0 aliphatic heterocycles. The maximum Gasteiger partial charge on any atom is 0.155 e. The van der Waals surface area contributed by atoms with E-state index in [-0.39, 0.29) is 42.6 Å². The van der Waals surface area contributed by atoms with Crippen LogP contribution >= 0.6 is 0 Å². The van der Waals surface area contributed by atoms with Gasteiger partial charge in [-0.1, -0.05) is 38.5 Å². The van der Waals surface area contributed by atoms with Crippen LogP contribution in [-0.2, 0) is 30.3 Å². The first-order valence-corrected chi connectivity index (χ1v) is 7.59. The van der Waals surface area contributed by atoms with Crippen LogP contribution in [0.3, 0.4) is 0 Å². The van der Waals surface area contributed by atoms with E-state index in [1.807, 2.05) is 6.07 Å². The number of allylic oxidation sites excluding steroid dienone is 2. The molecule has 1 radical (unpaired) electrons. The zero-order valence-corrected chi connectivity index (χ0v) is 17.6. The summed E-state index contributed by atoms with van der Waals surface area (Å²) in [7, 11) is 0. The SMILES string of the molecule is CC(=O)C=C(C)O.CC(C)(C)c1ccnc(-c2[c-]cc(F)nc2F)c1.[Ir]. The first kappa shape index (κ1) is 24.0. The fourth-order valence-corrected chi connectivity index (χ4v) is 1.88. The number of hydrogen-bond donors (Lipinski definition) is 1. The van der Waals surface area contributed by atoms with Crippen LogP contribution in [0.5, 0.6) is 0 Å². The third kappa shape index (κ3) is 7.93. The number of hydrogen-bond acceptors (Lipinski definition) is 4. The van der Waals surface area contributed by atoms with Crippen LogP contribution in [0.15, 0.2) is 36.2 Å². The summed E-state index contributed by atoms with van der Waals surface area (Å²) in [4.78, 5) is 17.2. The van der Waals surface area contributed by atoms with Gasteiger partial charge in [0.1, 0.15) is 11.9 Å². The Balaban J connectivity index is 0.000000673. The number of aliphatic hydroxyl groups excluding tert-OH is 1. The fourth-order valence-electron chi connectivity index (χ4n) is 1.88. The predicted octanol–water partition coefficient (Wildman–Crippen LogP) is 4.55. The minimum atomic E-state index is -0.895. The van der Waals surface area contributed by atoms with Gasteiger partial charge < -0.3 is 10.1 Å². The summed E-state index contributed by atoms with van der Waals surface area (Å²) in [5, 5.41) is 8.36. The molecular formula is C19H21F2IrN2O2-. The van der Waals surface area contributed by atoms with Gasteiger partial charge in [-0.25, -0.2) is 8.78 Å². The molecule has 0 saturated heterocycles. The summed E-state index contributed by atoms with van der Waals surface area (Å²) < 4.78 is 26.3. The Morgan fingerprint density at radius 2 is 1.88 bits per heavy atom. The average Bonchev–Trinajstić information content (AvgIpc) is 2.45. The van der Waals surface area contributed by atoms with Crippen molar-refractivity contribution in [2.75, 3.05) is 0 Å². The molecule has 0 aromatic carbocycles. The summed E-state index contributed by atoms with van der Waals surface area (Å²) in [5.41, 5.74) is 1.45. The summed E-state index contributed by atoms with van der Waals surface area (Å²) >= 11 is 0. The van der Waals surface area contributed by atoms with Crippen LogP contribution in [0.25, 0.3) is 11.3 Å². The van der Waals surface area contributed by atoms with E-state index < -0.39 is 11.9 Å². The first-order valence-electron chi connectivity index (χ1n) is 7.59. The standard InChI is InChI=1S/C14H13F2N2.C5H8O2.Ir/c1-14(2,3)9-6-7-17-11(8-9)10-4-5-12(15)18-13(10)16;1-4(6)3-5(2)7;/h5-8H,1-3H3;3,6H,1-2H3;/q-1;;. The zero-order chi connectivity index (χ0) is 19.2. The van der Waals surface area contributed by atoms with Gasteiger partial charge in [-0.3, -0.25) is 9.78 Å². The van der Waals surface area contributed by atoms with Crippen molar-refractivity contribution in [3.63, 3.8) is 0 Å². The van der Waals surface area contributed by atoms with Gasteiger partial charge in [-0.05, 0) is 36.6 Å². The molecule has 0 aliphatic carbocycles. The summed E-state index contributed by atoms with van der Waals surface area (Å²) in [6.07, 6.45) is 2.77. The molecule has 0 atom stereocenters. The van der Waals surface area contributed by atoms with Crippen LogP contribution < -0.4 is 0 Å². The molecule has 26 heavy (non-hydrogen) atoms. The summed E-state index contributed by atoms with van der Waals surface area (Å²) in [6.45, 7) is 9.00. The molecule has 0 unspecified atom stereocenters. The molecule has 0 spiro atoms. The number of carbonyl (C=O) groups is 1.